The van der Waals surface area contributed by atoms with Gasteiger partial charge in [0.2, 0.25) is 0 Å². The van der Waals surface area contributed by atoms with Gasteiger partial charge in [0.15, 0.2) is 0 Å². The number of halogens is 1. The van der Waals surface area contributed by atoms with E-state index in [-0.39, 0.29) is 0 Å². The molecule has 1 aliphatic heterocycles. The molecule has 1 heterocycles. The Kier molecular flexibility index (Phi) is 3.40. The number of hydrogen-bond donors (Lipinski definition) is 2. The molecule has 1 aromatic rings. The molecule has 0 amide bonds. The molecule has 0 radical (unpaired) electrons. The topological polar surface area (TPSA) is 24.1 Å². The van der Waals surface area contributed by atoms with Gasteiger partial charge in [0.25, 0.3) is 0 Å². The molecule has 2 unspecified atom stereocenters. The fourth-order valence-electron chi connectivity index (χ4n) is 4.26. The number of hydrogen-bond acceptors (Lipinski definition) is 2. The number of rotatable bonds is 3. The van der Waals surface area contributed by atoms with Gasteiger partial charge in [-0.3, -0.25) is 0 Å². The standard InChI is InChI=1S/C17H23BrN2/c18-14-2-1-13-3-6-17(15(13)9-14)10-16(17)20-11-12-4-7-19-8-5-12/h1-2,9,12,16,19-20H,3-8,10-11H2. The normalized spacial score (nSPS) is 32.5. The van der Waals surface area contributed by atoms with Gasteiger partial charge in [-0.2, -0.15) is 0 Å². The quantitative estimate of drug-likeness (QED) is 0.887. The van der Waals surface area contributed by atoms with Crippen molar-refractivity contribution in [3.8, 4) is 0 Å². The van der Waals surface area contributed by atoms with E-state index in [0.29, 0.717) is 5.41 Å². The monoisotopic (exact) mass is 334 g/mol. The maximum absolute atomic E-state index is 3.88. The van der Waals surface area contributed by atoms with Gasteiger partial charge in [0.1, 0.15) is 0 Å². The molecule has 0 aromatic heterocycles. The molecule has 20 heavy (non-hydrogen) atoms. The van der Waals surface area contributed by atoms with Gasteiger partial charge >= 0.3 is 0 Å². The molecule has 2 atom stereocenters. The zero-order valence-electron chi connectivity index (χ0n) is 11.9. The van der Waals surface area contributed by atoms with Crippen molar-refractivity contribution in [2.24, 2.45) is 5.92 Å². The van der Waals surface area contributed by atoms with Crippen molar-refractivity contribution in [3.05, 3.63) is 33.8 Å². The maximum Gasteiger partial charge on any atom is 0.0178 e. The van der Waals surface area contributed by atoms with Crippen molar-refractivity contribution in [2.45, 2.75) is 43.6 Å². The van der Waals surface area contributed by atoms with Gasteiger partial charge in [0.05, 0.1) is 0 Å². The number of aryl methyl sites for hydroxylation is 1. The van der Waals surface area contributed by atoms with Crippen LogP contribution in [0.2, 0.25) is 0 Å². The molecule has 3 aliphatic rings. The van der Waals surface area contributed by atoms with E-state index in [0.717, 1.165) is 12.0 Å². The highest BCUT2D eigenvalue weighted by Crippen LogP contribution is 2.57. The molecule has 108 valence electrons. The summed E-state index contributed by atoms with van der Waals surface area (Å²) in [6.45, 7) is 3.63. The van der Waals surface area contributed by atoms with Crippen LogP contribution >= 0.6 is 15.9 Å². The SMILES string of the molecule is Brc1ccc2c(c1)C1(CC2)CC1NCC1CCNCC1. The first kappa shape index (κ1) is 13.3. The maximum atomic E-state index is 3.88. The molecule has 1 saturated carbocycles. The van der Waals surface area contributed by atoms with E-state index in [4.69, 9.17) is 0 Å². The van der Waals surface area contributed by atoms with Crippen molar-refractivity contribution in [3.63, 3.8) is 0 Å². The third-order valence-electron chi connectivity index (χ3n) is 5.64. The molecule has 2 aliphatic carbocycles. The lowest BCUT2D eigenvalue weighted by Gasteiger charge is -2.23. The van der Waals surface area contributed by atoms with Crippen molar-refractivity contribution in [1.29, 1.82) is 0 Å². The van der Waals surface area contributed by atoms with Crippen LogP contribution < -0.4 is 10.6 Å². The summed E-state index contributed by atoms with van der Waals surface area (Å²) in [4.78, 5) is 0. The number of benzene rings is 1. The number of piperidine rings is 1. The Bertz CT molecular complexity index is 510. The lowest BCUT2D eigenvalue weighted by molar-refractivity contribution is 0.351. The first-order chi connectivity index (χ1) is 9.78. The van der Waals surface area contributed by atoms with Crippen LogP contribution in [0, 0.1) is 5.92 Å². The zero-order valence-corrected chi connectivity index (χ0v) is 13.5. The molecule has 0 bridgehead atoms. The van der Waals surface area contributed by atoms with Crippen molar-refractivity contribution >= 4 is 15.9 Å². The second-order valence-corrected chi connectivity index (χ2v) is 7.73. The highest BCUT2D eigenvalue weighted by atomic mass is 79.9. The Morgan fingerprint density at radius 3 is 3.00 bits per heavy atom. The summed E-state index contributed by atoms with van der Waals surface area (Å²) in [6, 6.07) is 7.61. The third-order valence-corrected chi connectivity index (χ3v) is 6.13. The van der Waals surface area contributed by atoms with Crippen molar-refractivity contribution < 1.29 is 0 Å². The minimum atomic E-state index is 0.478. The summed E-state index contributed by atoms with van der Waals surface area (Å²) in [5, 5.41) is 7.33. The second kappa shape index (κ2) is 5.11. The Morgan fingerprint density at radius 2 is 2.15 bits per heavy atom. The predicted octanol–water partition coefficient (Wildman–Crippen LogP) is 2.99. The van der Waals surface area contributed by atoms with E-state index in [1.807, 2.05) is 0 Å². The second-order valence-electron chi connectivity index (χ2n) is 6.82. The first-order valence-electron chi connectivity index (χ1n) is 8.01. The van der Waals surface area contributed by atoms with Crippen LogP contribution in [0.3, 0.4) is 0 Å². The van der Waals surface area contributed by atoms with Crippen LogP contribution in [0.5, 0.6) is 0 Å². The molecule has 1 saturated heterocycles. The molecule has 2 nitrogen and oxygen atoms in total. The molecule has 2 fully saturated rings. The molecule has 2 N–H and O–H groups in total. The van der Waals surface area contributed by atoms with Gasteiger partial charge in [-0.25, -0.2) is 0 Å². The van der Waals surface area contributed by atoms with Crippen LogP contribution in [0.4, 0.5) is 0 Å². The fourth-order valence-corrected chi connectivity index (χ4v) is 4.63. The minimum Gasteiger partial charge on any atom is -0.317 e. The highest BCUT2D eigenvalue weighted by molar-refractivity contribution is 9.10. The average molecular weight is 335 g/mol. The smallest absolute Gasteiger partial charge is 0.0178 e. The zero-order chi connectivity index (χ0) is 13.6. The van der Waals surface area contributed by atoms with E-state index >= 15 is 0 Å². The van der Waals surface area contributed by atoms with Crippen LogP contribution in [-0.4, -0.2) is 25.7 Å². The Hall–Kier alpha value is -0.380. The summed E-state index contributed by atoms with van der Waals surface area (Å²) in [6.07, 6.45) is 6.65. The largest absolute Gasteiger partial charge is 0.317 e. The first-order valence-corrected chi connectivity index (χ1v) is 8.80. The van der Waals surface area contributed by atoms with Gasteiger partial charge in [-0.1, -0.05) is 22.0 Å². The van der Waals surface area contributed by atoms with Gasteiger partial charge in [0, 0.05) is 15.9 Å². The number of nitrogens with one attached hydrogen (secondary N) is 2. The van der Waals surface area contributed by atoms with Crippen LogP contribution in [-0.2, 0) is 11.8 Å². The van der Waals surface area contributed by atoms with Crippen LogP contribution in [0.25, 0.3) is 0 Å². The van der Waals surface area contributed by atoms with Crippen molar-refractivity contribution in [2.75, 3.05) is 19.6 Å². The van der Waals surface area contributed by atoms with Crippen LogP contribution in [0.1, 0.15) is 36.8 Å². The summed E-state index contributed by atoms with van der Waals surface area (Å²) < 4.78 is 1.24. The Balaban J connectivity index is 1.41. The minimum absolute atomic E-state index is 0.478. The summed E-state index contributed by atoms with van der Waals surface area (Å²) in [7, 11) is 0. The highest BCUT2D eigenvalue weighted by Gasteiger charge is 2.57. The number of fused-ring (bicyclic) bond motifs is 2. The lowest BCUT2D eigenvalue weighted by atomic mass is 9.96. The summed E-state index contributed by atoms with van der Waals surface area (Å²) >= 11 is 3.64. The molecule has 3 heteroatoms. The summed E-state index contributed by atoms with van der Waals surface area (Å²) in [5.41, 5.74) is 3.68. The molecule has 4 rings (SSSR count). The van der Waals surface area contributed by atoms with Crippen molar-refractivity contribution in [1.82, 2.24) is 10.6 Å². The lowest BCUT2D eigenvalue weighted by Crippen LogP contribution is -2.35. The molecular formula is C17H23BrN2. The average Bonchev–Trinajstić information content (AvgIpc) is 3.08. The van der Waals surface area contributed by atoms with E-state index in [1.165, 1.54) is 56.2 Å². The third kappa shape index (κ3) is 2.24. The van der Waals surface area contributed by atoms with E-state index in [2.05, 4.69) is 44.8 Å². The van der Waals surface area contributed by atoms with E-state index < -0.39 is 0 Å². The summed E-state index contributed by atoms with van der Waals surface area (Å²) in [5.74, 6) is 0.886. The molecular weight excluding hydrogens is 312 g/mol. The molecule has 1 aromatic carbocycles. The fraction of sp³-hybridized carbons (Fsp3) is 0.647. The Morgan fingerprint density at radius 1 is 1.30 bits per heavy atom. The van der Waals surface area contributed by atoms with Crippen LogP contribution in [0.15, 0.2) is 22.7 Å². The van der Waals surface area contributed by atoms with Gasteiger partial charge in [-0.15, -0.1) is 0 Å². The molecule has 1 spiro atoms. The van der Waals surface area contributed by atoms with Gasteiger partial charge in [-0.05, 0) is 80.9 Å². The van der Waals surface area contributed by atoms with Gasteiger partial charge < -0.3 is 10.6 Å². The van der Waals surface area contributed by atoms with E-state index in [9.17, 15) is 0 Å². The van der Waals surface area contributed by atoms with E-state index in [1.54, 1.807) is 11.1 Å². The Labute approximate surface area is 129 Å². The predicted molar refractivity (Wildman–Crippen MR) is 86.1 cm³/mol.